The molecule has 0 aliphatic heterocycles. The summed E-state index contributed by atoms with van der Waals surface area (Å²) in [4.78, 5) is 24.4. The van der Waals surface area contributed by atoms with Crippen LogP contribution in [0.3, 0.4) is 0 Å². The lowest BCUT2D eigenvalue weighted by Crippen LogP contribution is -2.37. The number of esters is 1. The molecule has 132 valence electrons. The van der Waals surface area contributed by atoms with Crippen molar-refractivity contribution in [2.75, 3.05) is 12.4 Å². The minimum absolute atomic E-state index is 0.212. The SMILES string of the molecule is O=C(COC(=O)CCSc1ccc(F)cc1)NC1CCCCCC1. The van der Waals surface area contributed by atoms with Crippen LogP contribution in [0.2, 0.25) is 0 Å². The molecule has 0 bridgehead atoms. The molecule has 0 spiro atoms. The fraction of sp³-hybridized carbons (Fsp3) is 0.556. The van der Waals surface area contributed by atoms with Crippen molar-refractivity contribution in [3.8, 4) is 0 Å². The van der Waals surface area contributed by atoms with E-state index in [1.54, 1.807) is 12.1 Å². The highest BCUT2D eigenvalue weighted by molar-refractivity contribution is 7.99. The van der Waals surface area contributed by atoms with Crippen LogP contribution in [0.4, 0.5) is 4.39 Å². The van der Waals surface area contributed by atoms with E-state index < -0.39 is 0 Å². The fourth-order valence-corrected chi connectivity index (χ4v) is 3.53. The number of rotatable bonds is 7. The van der Waals surface area contributed by atoms with Gasteiger partial charge in [-0.2, -0.15) is 0 Å². The van der Waals surface area contributed by atoms with Crippen LogP contribution in [0, 0.1) is 5.82 Å². The molecule has 0 aromatic heterocycles. The van der Waals surface area contributed by atoms with Crippen LogP contribution in [0.25, 0.3) is 0 Å². The number of benzene rings is 1. The maximum Gasteiger partial charge on any atom is 0.307 e. The summed E-state index contributed by atoms with van der Waals surface area (Å²) in [5, 5.41) is 2.94. The maximum absolute atomic E-state index is 12.8. The lowest BCUT2D eigenvalue weighted by molar-refractivity contribution is -0.148. The van der Waals surface area contributed by atoms with Gasteiger partial charge >= 0.3 is 5.97 Å². The summed E-state index contributed by atoms with van der Waals surface area (Å²) in [6, 6.07) is 6.33. The van der Waals surface area contributed by atoms with Crippen molar-refractivity contribution in [3.63, 3.8) is 0 Å². The average molecular weight is 353 g/mol. The molecular weight excluding hydrogens is 329 g/mol. The molecule has 0 heterocycles. The van der Waals surface area contributed by atoms with Crippen LogP contribution in [0.5, 0.6) is 0 Å². The summed E-state index contributed by atoms with van der Waals surface area (Å²) >= 11 is 1.45. The van der Waals surface area contributed by atoms with Gasteiger partial charge in [0.15, 0.2) is 6.61 Å². The molecule has 2 rings (SSSR count). The minimum atomic E-state index is -0.388. The molecular formula is C18H24FNO3S. The number of hydrogen-bond acceptors (Lipinski definition) is 4. The molecule has 1 aliphatic rings. The Morgan fingerprint density at radius 3 is 2.46 bits per heavy atom. The van der Waals surface area contributed by atoms with E-state index >= 15 is 0 Å². The van der Waals surface area contributed by atoms with Crippen LogP contribution >= 0.6 is 11.8 Å². The zero-order chi connectivity index (χ0) is 17.2. The first-order chi connectivity index (χ1) is 11.6. The molecule has 0 saturated heterocycles. The first-order valence-electron chi connectivity index (χ1n) is 8.47. The molecule has 1 N–H and O–H groups in total. The summed E-state index contributed by atoms with van der Waals surface area (Å²) in [5.41, 5.74) is 0. The molecule has 1 fully saturated rings. The van der Waals surface area contributed by atoms with Crippen molar-refractivity contribution in [1.29, 1.82) is 0 Å². The number of amides is 1. The lowest BCUT2D eigenvalue weighted by Gasteiger charge is -2.16. The molecule has 0 radical (unpaired) electrons. The standard InChI is InChI=1S/C18H24FNO3S/c19-14-7-9-16(10-8-14)24-12-11-18(22)23-13-17(21)20-15-5-3-1-2-4-6-15/h7-10,15H,1-6,11-13H2,(H,20,21). The quantitative estimate of drug-likeness (QED) is 0.461. The highest BCUT2D eigenvalue weighted by Crippen LogP contribution is 2.19. The van der Waals surface area contributed by atoms with Crippen LogP contribution in [-0.4, -0.2) is 30.3 Å². The van der Waals surface area contributed by atoms with Gasteiger partial charge in [-0.15, -0.1) is 11.8 Å². The third-order valence-electron chi connectivity index (χ3n) is 3.97. The largest absolute Gasteiger partial charge is 0.456 e. The summed E-state index contributed by atoms with van der Waals surface area (Å²) in [5.74, 6) is -0.352. The van der Waals surface area contributed by atoms with Gasteiger partial charge in [0.2, 0.25) is 0 Å². The smallest absolute Gasteiger partial charge is 0.307 e. The zero-order valence-corrected chi connectivity index (χ0v) is 14.6. The van der Waals surface area contributed by atoms with Gasteiger partial charge in [0.05, 0.1) is 6.42 Å². The van der Waals surface area contributed by atoms with E-state index in [4.69, 9.17) is 4.74 Å². The number of hydrogen-bond donors (Lipinski definition) is 1. The predicted molar refractivity (Wildman–Crippen MR) is 92.3 cm³/mol. The predicted octanol–water partition coefficient (Wildman–Crippen LogP) is 3.69. The molecule has 1 aliphatic carbocycles. The maximum atomic E-state index is 12.8. The molecule has 0 unspecified atom stereocenters. The van der Waals surface area contributed by atoms with Crippen LogP contribution in [0.1, 0.15) is 44.9 Å². The van der Waals surface area contributed by atoms with Crippen molar-refractivity contribution in [3.05, 3.63) is 30.1 Å². The second kappa shape index (κ2) is 10.3. The van der Waals surface area contributed by atoms with E-state index in [9.17, 15) is 14.0 Å². The molecule has 1 amide bonds. The number of ether oxygens (including phenoxy) is 1. The summed E-state index contributed by atoms with van der Waals surface area (Å²) in [6.45, 7) is -0.212. The van der Waals surface area contributed by atoms with Gasteiger partial charge in [-0.05, 0) is 37.1 Å². The summed E-state index contributed by atoms with van der Waals surface area (Å²) in [6.07, 6.45) is 6.98. The van der Waals surface area contributed by atoms with Gasteiger partial charge in [0, 0.05) is 16.7 Å². The Morgan fingerprint density at radius 2 is 1.79 bits per heavy atom. The van der Waals surface area contributed by atoms with Gasteiger partial charge < -0.3 is 10.1 Å². The Labute approximate surface area is 146 Å². The Kier molecular flexibility index (Phi) is 8.08. The molecule has 1 saturated carbocycles. The van der Waals surface area contributed by atoms with Crippen LogP contribution in [-0.2, 0) is 14.3 Å². The minimum Gasteiger partial charge on any atom is -0.456 e. The first-order valence-corrected chi connectivity index (χ1v) is 9.45. The van der Waals surface area contributed by atoms with E-state index in [2.05, 4.69) is 5.32 Å². The van der Waals surface area contributed by atoms with Gasteiger partial charge in [-0.1, -0.05) is 25.7 Å². The summed E-state index contributed by atoms with van der Waals surface area (Å²) < 4.78 is 17.8. The van der Waals surface area contributed by atoms with E-state index in [0.717, 1.165) is 30.6 Å². The second-order valence-electron chi connectivity index (χ2n) is 5.97. The lowest BCUT2D eigenvalue weighted by atomic mass is 10.1. The fourth-order valence-electron chi connectivity index (χ4n) is 2.69. The summed E-state index contributed by atoms with van der Waals surface area (Å²) in [7, 11) is 0. The third-order valence-corrected chi connectivity index (χ3v) is 4.99. The van der Waals surface area contributed by atoms with E-state index in [1.807, 2.05) is 0 Å². The van der Waals surface area contributed by atoms with E-state index in [0.29, 0.717) is 5.75 Å². The van der Waals surface area contributed by atoms with Crippen molar-refractivity contribution in [1.82, 2.24) is 5.32 Å². The normalized spacial score (nSPS) is 15.5. The molecule has 6 heteroatoms. The van der Waals surface area contributed by atoms with Gasteiger partial charge in [-0.25, -0.2) is 4.39 Å². The highest BCUT2D eigenvalue weighted by atomic mass is 32.2. The molecule has 4 nitrogen and oxygen atoms in total. The molecule has 24 heavy (non-hydrogen) atoms. The molecule has 1 aromatic rings. The molecule has 1 aromatic carbocycles. The topological polar surface area (TPSA) is 55.4 Å². The van der Waals surface area contributed by atoms with Crippen molar-refractivity contribution in [2.45, 2.75) is 55.9 Å². The van der Waals surface area contributed by atoms with E-state index in [1.165, 1.54) is 36.7 Å². The zero-order valence-electron chi connectivity index (χ0n) is 13.8. The number of carbonyl (C=O) groups is 2. The number of halogens is 1. The highest BCUT2D eigenvalue weighted by Gasteiger charge is 2.15. The van der Waals surface area contributed by atoms with Gasteiger partial charge in [0.25, 0.3) is 5.91 Å². The van der Waals surface area contributed by atoms with Gasteiger partial charge in [-0.3, -0.25) is 9.59 Å². The Hall–Kier alpha value is -1.56. The van der Waals surface area contributed by atoms with Crippen molar-refractivity contribution >= 4 is 23.6 Å². The number of carbonyl (C=O) groups excluding carboxylic acids is 2. The Balaban J connectivity index is 1.58. The van der Waals surface area contributed by atoms with Gasteiger partial charge in [0.1, 0.15) is 5.82 Å². The Bertz CT molecular complexity index is 528. The van der Waals surface area contributed by atoms with Crippen molar-refractivity contribution < 1.29 is 18.7 Å². The first kappa shape index (κ1) is 18.8. The monoisotopic (exact) mass is 353 g/mol. The molecule has 0 atom stereocenters. The number of nitrogens with one attached hydrogen (secondary N) is 1. The van der Waals surface area contributed by atoms with E-state index in [-0.39, 0.29) is 36.8 Å². The van der Waals surface area contributed by atoms with Crippen LogP contribution < -0.4 is 5.32 Å². The third kappa shape index (κ3) is 7.34. The van der Waals surface area contributed by atoms with Crippen LogP contribution in [0.15, 0.2) is 29.2 Å². The Morgan fingerprint density at radius 1 is 1.12 bits per heavy atom. The average Bonchev–Trinajstić information content (AvgIpc) is 2.83. The number of thioether (sulfide) groups is 1. The van der Waals surface area contributed by atoms with Crippen molar-refractivity contribution in [2.24, 2.45) is 0 Å². The second-order valence-corrected chi connectivity index (χ2v) is 7.14.